The first-order chi connectivity index (χ1) is 14.5. The van der Waals surface area contributed by atoms with E-state index in [1.165, 1.54) is 12.1 Å². The van der Waals surface area contributed by atoms with Crippen LogP contribution in [0, 0.1) is 17.1 Å². The molecule has 7 heteroatoms. The molecule has 0 aliphatic heterocycles. The Bertz CT molecular complexity index is 1330. The SMILES string of the molecule is Cn1ncc(-c2ccc3ccc(N)nc3c2)c1-c1c(F)ccc(OC2CC2)c1C#N. The summed E-state index contributed by atoms with van der Waals surface area (Å²) >= 11 is 0. The zero-order valence-electron chi connectivity index (χ0n) is 16.3. The van der Waals surface area contributed by atoms with E-state index < -0.39 is 5.82 Å². The minimum atomic E-state index is -0.497. The number of fused-ring (bicyclic) bond motifs is 1. The van der Waals surface area contributed by atoms with Crippen LogP contribution in [0.25, 0.3) is 33.3 Å². The predicted octanol–water partition coefficient (Wildman–Crippen LogP) is 4.44. The monoisotopic (exact) mass is 399 g/mol. The molecule has 0 atom stereocenters. The lowest BCUT2D eigenvalue weighted by Crippen LogP contribution is -2.04. The van der Waals surface area contributed by atoms with E-state index in [-0.39, 0.29) is 17.2 Å². The van der Waals surface area contributed by atoms with Gasteiger partial charge in [-0.3, -0.25) is 4.68 Å². The minimum absolute atomic E-state index is 0.0958. The fourth-order valence-electron chi connectivity index (χ4n) is 3.61. The number of benzene rings is 2. The first kappa shape index (κ1) is 18.1. The van der Waals surface area contributed by atoms with Gasteiger partial charge in [-0.1, -0.05) is 12.1 Å². The number of hydrogen-bond donors (Lipinski definition) is 1. The first-order valence-electron chi connectivity index (χ1n) is 9.63. The number of nitrogen functional groups attached to an aromatic ring is 1. The van der Waals surface area contributed by atoms with Gasteiger partial charge in [0, 0.05) is 18.0 Å². The molecular weight excluding hydrogens is 381 g/mol. The van der Waals surface area contributed by atoms with Crippen LogP contribution in [0.5, 0.6) is 5.75 Å². The lowest BCUT2D eigenvalue weighted by molar-refractivity contribution is 0.302. The van der Waals surface area contributed by atoms with E-state index in [0.29, 0.717) is 22.8 Å². The average molecular weight is 399 g/mol. The molecule has 1 fully saturated rings. The normalized spacial score (nSPS) is 13.4. The number of halogens is 1. The second kappa shape index (κ2) is 6.85. The van der Waals surface area contributed by atoms with Crippen molar-refractivity contribution < 1.29 is 9.13 Å². The first-order valence-corrected chi connectivity index (χ1v) is 9.63. The van der Waals surface area contributed by atoms with Crippen LogP contribution in [0.15, 0.2) is 48.7 Å². The Morgan fingerprint density at radius 3 is 2.77 bits per heavy atom. The second-order valence-corrected chi connectivity index (χ2v) is 7.40. The molecule has 1 aliphatic rings. The molecule has 2 aromatic heterocycles. The lowest BCUT2D eigenvalue weighted by Gasteiger charge is -2.14. The van der Waals surface area contributed by atoms with Crippen molar-refractivity contribution in [2.75, 3.05) is 5.73 Å². The number of hydrogen-bond acceptors (Lipinski definition) is 5. The van der Waals surface area contributed by atoms with Crippen LogP contribution in [0.2, 0.25) is 0 Å². The van der Waals surface area contributed by atoms with Gasteiger partial charge in [0.1, 0.15) is 29.0 Å². The second-order valence-electron chi connectivity index (χ2n) is 7.40. The van der Waals surface area contributed by atoms with Crippen molar-refractivity contribution >= 4 is 16.7 Å². The topological polar surface area (TPSA) is 89.8 Å². The van der Waals surface area contributed by atoms with Crippen LogP contribution in [-0.4, -0.2) is 20.9 Å². The highest BCUT2D eigenvalue weighted by atomic mass is 19.1. The number of nitrogens with zero attached hydrogens (tertiary/aromatic N) is 4. The molecule has 6 nitrogen and oxygen atoms in total. The van der Waals surface area contributed by atoms with Crippen molar-refractivity contribution in [1.29, 1.82) is 5.26 Å². The highest BCUT2D eigenvalue weighted by Gasteiger charge is 2.28. The molecule has 0 bridgehead atoms. The summed E-state index contributed by atoms with van der Waals surface area (Å²) in [5, 5.41) is 15.1. The molecule has 0 radical (unpaired) electrons. The van der Waals surface area contributed by atoms with Crippen molar-refractivity contribution in [3.05, 3.63) is 60.0 Å². The van der Waals surface area contributed by atoms with Gasteiger partial charge < -0.3 is 10.5 Å². The summed E-state index contributed by atoms with van der Waals surface area (Å²) in [6.45, 7) is 0. The third-order valence-electron chi connectivity index (χ3n) is 5.25. The maximum Gasteiger partial charge on any atom is 0.138 e. The molecule has 2 N–H and O–H groups in total. The number of nitriles is 1. The van der Waals surface area contributed by atoms with Crippen molar-refractivity contribution in [3.63, 3.8) is 0 Å². The van der Waals surface area contributed by atoms with Gasteiger partial charge in [-0.2, -0.15) is 10.4 Å². The van der Waals surface area contributed by atoms with Crippen LogP contribution in [0.3, 0.4) is 0 Å². The standard InChI is InChI=1S/C23H18FN5O/c1-29-23(22-16(11-25)20(8-7-18(22)24)30-15-5-6-15)17(12-27-29)14-3-2-13-4-9-21(26)28-19(13)10-14/h2-4,7-10,12,15H,5-6H2,1H3,(H2,26,28). The van der Waals surface area contributed by atoms with E-state index in [4.69, 9.17) is 10.5 Å². The van der Waals surface area contributed by atoms with Crippen LogP contribution in [0.4, 0.5) is 10.2 Å². The molecule has 1 aliphatic carbocycles. The van der Waals surface area contributed by atoms with Crippen LogP contribution < -0.4 is 10.5 Å². The number of rotatable bonds is 4. The number of aromatic nitrogens is 3. The maximum atomic E-state index is 15.0. The maximum absolute atomic E-state index is 15.0. The summed E-state index contributed by atoms with van der Waals surface area (Å²) in [6, 6.07) is 14.4. The van der Waals surface area contributed by atoms with Gasteiger partial charge in [0.15, 0.2) is 0 Å². The van der Waals surface area contributed by atoms with Gasteiger partial charge in [-0.05, 0) is 48.7 Å². The largest absolute Gasteiger partial charge is 0.489 e. The zero-order chi connectivity index (χ0) is 20.8. The summed E-state index contributed by atoms with van der Waals surface area (Å²) in [6.07, 6.45) is 3.65. The highest BCUT2D eigenvalue weighted by molar-refractivity contribution is 5.90. The van der Waals surface area contributed by atoms with Crippen molar-refractivity contribution in [2.24, 2.45) is 7.05 Å². The molecular formula is C23H18FN5O. The Labute approximate surface area is 172 Å². The Balaban J connectivity index is 1.71. The number of aryl methyl sites for hydroxylation is 1. The highest BCUT2D eigenvalue weighted by Crippen LogP contribution is 2.40. The summed E-state index contributed by atoms with van der Waals surface area (Å²) in [5.74, 6) is 0.327. The van der Waals surface area contributed by atoms with E-state index >= 15 is 4.39 Å². The molecule has 0 saturated heterocycles. The number of ether oxygens (including phenoxy) is 1. The third kappa shape index (κ3) is 3.03. The number of pyridine rings is 1. The molecule has 148 valence electrons. The van der Waals surface area contributed by atoms with E-state index in [2.05, 4.69) is 16.2 Å². The third-order valence-corrected chi connectivity index (χ3v) is 5.25. The molecule has 2 aromatic carbocycles. The zero-order valence-corrected chi connectivity index (χ0v) is 16.3. The van der Waals surface area contributed by atoms with Crippen LogP contribution in [0.1, 0.15) is 18.4 Å². The van der Waals surface area contributed by atoms with Crippen molar-refractivity contribution in [1.82, 2.24) is 14.8 Å². The Hall–Kier alpha value is -3.92. The van der Waals surface area contributed by atoms with E-state index in [1.807, 2.05) is 24.3 Å². The van der Waals surface area contributed by atoms with Gasteiger partial charge in [-0.15, -0.1) is 0 Å². The van der Waals surface area contributed by atoms with Gasteiger partial charge >= 0.3 is 0 Å². The van der Waals surface area contributed by atoms with E-state index in [1.54, 1.807) is 24.0 Å². The molecule has 0 spiro atoms. The quantitative estimate of drug-likeness (QED) is 0.548. The van der Waals surface area contributed by atoms with Gasteiger partial charge in [0.25, 0.3) is 0 Å². The lowest BCUT2D eigenvalue weighted by atomic mass is 9.96. The molecule has 0 unspecified atom stereocenters. The fourth-order valence-corrected chi connectivity index (χ4v) is 3.61. The molecule has 4 aromatic rings. The molecule has 30 heavy (non-hydrogen) atoms. The summed E-state index contributed by atoms with van der Waals surface area (Å²) < 4.78 is 22.5. The summed E-state index contributed by atoms with van der Waals surface area (Å²) in [4.78, 5) is 4.38. The molecule has 5 rings (SSSR count). The predicted molar refractivity (Wildman–Crippen MR) is 112 cm³/mol. The van der Waals surface area contributed by atoms with Crippen molar-refractivity contribution in [2.45, 2.75) is 18.9 Å². The van der Waals surface area contributed by atoms with E-state index in [0.717, 1.165) is 29.3 Å². The van der Waals surface area contributed by atoms with Gasteiger partial charge in [-0.25, -0.2) is 9.37 Å². The van der Waals surface area contributed by atoms with E-state index in [9.17, 15) is 5.26 Å². The average Bonchev–Trinajstić information content (AvgIpc) is 3.48. The van der Waals surface area contributed by atoms with Gasteiger partial charge in [0.05, 0.1) is 29.1 Å². The minimum Gasteiger partial charge on any atom is -0.489 e. The number of anilines is 1. The molecule has 0 amide bonds. The smallest absolute Gasteiger partial charge is 0.138 e. The molecule has 2 heterocycles. The summed E-state index contributed by atoms with van der Waals surface area (Å²) in [5.41, 5.74) is 8.93. The Kier molecular flexibility index (Phi) is 4.14. The van der Waals surface area contributed by atoms with Gasteiger partial charge in [0.2, 0.25) is 0 Å². The van der Waals surface area contributed by atoms with Crippen LogP contribution >= 0.6 is 0 Å². The van der Waals surface area contributed by atoms with Crippen molar-refractivity contribution in [3.8, 4) is 34.2 Å². The molecule has 1 saturated carbocycles. The Morgan fingerprint density at radius 2 is 2.00 bits per heavy atom. The summed E-state index contributed by atoms with van der Waals surface area (Å²) in [7, 11) is 1.73. The number of nitrogens with two attached hydrogens (primary N) is 1. The Morgan fingerprint density at radius 1 is 1.20 bits per heavy atom. The fraction of sp³-hybridized carbons (Fsp3) is 0.174. The van der Waals surface area contributed by atoms with Crippen LogP contribution in [-0.2, 0) is 7.05 Å².